The summed E-state index contributed by atoms with van der Waals surface area (Å²) in [5.41, 5.74) is 0.877. The van der Waals surface area contributed by atoms with E-state index >= 15 is 0 Å². The molecule has 0 unspecified atom stereocenters. The number of fused-ring (bicyclic) bond motifs is 1. The van der Waals surface area contributed by atoms with Crippen LogP contribution in [0.2, 0.25) is 0 Å². The molecule has 0 radical (unpaired) electrons. The molecule has 0 aliphatic carbocycles. The topological polar surface area (TPSA) is 80.3 Å². The van der Waals surface area contributed by atoms with Crippen LogP contribution in [-0.2, 0) is 20.1 Å². The minimum atomic E-state index is -0.349. The zero-order chi connectivity index (χ0) is 23.5. The normalized spacial score (nSPS) is 11.4. The molecule has 8 nitrogen and oxygen atoms in total. The molecule has 0 N–H and O–H groups in total. The van der Waals surface area contributed by atoms with Crippen molar-refractivity contribution in [2.75, 3.05) is 7.11 Å². The summed E-state index contributed by atoms with van der Waals surface area (Å²) in [7, 11) is 3.37. The Kier molecular flexibility index (Phi) is 6.17. The summed E-state index contributed by atoms with van der Waals surface area (Å²) < 4.78 is 15.9. The maximum Gasteiger partial charge on any atom is 0.332 e. The molecule has 0 aliphatic heterocycles. The lowest BCUT2D eigenvalue weighted by Gasteiger charge is -2.09. The van der Waals surface area contributed by atoms with Gasteiger partial charge in [-0.05, 0) is 56.3 Å². The lowest BCUT2D eigenvalue weighted by Crippen LogP contribution is -2.39. The predicted octanol–water partition coefficient (Wildman–Crippen LogP) is 3.91. The average molecular weight is 447 g/mol. The molecule has 0 spiro atoms. The second-order valence-electron chi connectivity index (χ2n) is 7.43. The lowest BCUT2D eigenvalue weighted by atomic mass is 10.1. The number of hydrogen-bond donors (Lipinski definition) is 0. The van der Waals surface area contributed by atoms with Gasteiger partial charge in [-0.15, -0.1) is 0 Å². The number of para-hydroxylation sites is 1. The van der Waals surface area contributed by atoms with Crippen molar-refractivity contribution >= 4 is 23.3 Å². The first-order valence-corrected chi connectivity index (χ1v) is 10.8. The van der Waals surface area contributed by atoms with Crippen molar-refractivity contribution in [2.45, 2.75) is 26.9 Å². The van der Waals surface area contributed by atoms with Crippen LogP contribution in [0.5, 0.6) is 17.2 Å². The molecule has 0 amide bonds. The third-order valence-electron chi connectivity index (χ3n) is 5.50. The van der Waals surface area contributed by atoms with Crippen LogP contribution in [0.15, 0.2) is 58.1 Å². The summed E-state index contributed by atoms with van der Waals surface area (Å²) >= 11 is 0. The van der Waals surface area contributed by atoms with Crippen molar-refractivity contribution in [1.82, 2.24) is 18.7 Å². The first kappa shape index (κ1) is 22.1. The number of rotatable bonds is 7. The van der Waals surface area contributed by atoms with E-state index in [2.05, 4.69) is 4.98 Å². The van der Waals surface area contributed by atoms with Crippen LogP contribution in [0.3, 0.4) is 0 Å². The monoisotopic (exact) mass is 446 g/mol. The standard InChI is InChI=1S/C25H26N4O4/c1-5-28-23-22(24(30)29(6-2)25(28)31)27(3)21(26-23)15-12-17-16-19(13-14-20(17)32-4)33-18-10-8-7-9-11-18/h7-16H,5-6H2,1-4H3. The zero-order valence-corrected chi connectivity index (χ0v) is 19.1. The maximum absolute atomic E-state index is 12.9. The quantitative estimate of drug-likeness (QED) is 0.430. The molecule has 170 valence electrons. The van der Waals surface area contributed by atoms with E-state index in [1.54, 1.807) is 31.7 Å². The largest absolute Gasteiger partial charge is 0.496 e. The van der Waals surface area contributed by atoms with Crippen LogP contribution >= 0.6 is 0 Å². The van der Waals surface area contributed by atoms with Gasteiger partial charge in [-0.2, -0.15) is 0 Å². The first-order valence-electron chi connectivity index (χ1n) is 10.8. The number of aryl methyl sites for hydroxylation is 2. The Morgan fingerprint density at radius 1 is 0.939 bits per heavy atom. The van der Waals surface area contributed by atoms with E-state index in [1.165, 1.54) is 9.13 Å². The van der Waals surface area contributed by atoms with E-state index in [0.29, 0.717) is 41.6 Å². The minimum Gasteiger partial charge on any atom is -0.496 e. The highest BCUT2D eigenvalue weighted by atomic mass is 16.5. The minimum absolute atomic E-state index is 0.301. The smallest absolute Gasteiger partial charge is 0.332 e. The van der Waals surface area contributed by atoms with Gasteiger partial charge in [0.2, 0.25) is 0 Å². The van der Waals surface area contributed by atoms with E-state index in [4.69, 9.17) is 9.47 Å². The Morgan fingerprint density at radius 2 is 1.67 bits per heavy atom. The number of benzene rings is 2. The molecular formula is C25H26N4O4. The van der Waals surface area contributed by atoms with E-state index in [9.17, 15) is 9.59 Å². The van der Waals surface area contributed by atoms with Crippen molar-refractivity contribution in [1.29, 1.82) is 0 Å². The zero-order valence-electron chi connectivity index (χ0n) is 19.1. The van der Waals surface area contributed by atoms with Crippen LogP contribution < -0.4 is 20.7 Å². The molecule has 2 aromatic carbocycles. The molecule has 4 aromatic rings. The van der Waals surface area contributed by atoms with E-state index in [1.807, 2.05) is 61.5 Å². The number of hydrogen-bond acceptors (Lipinski definition) is 5. The third-order valence-corrected chi connectivity index (χ3v) is 5.50. The van der Waals surface area contributed by atoms with Crippen molar-refractivity contribution < 1.29 is 9.47 Å². The van der Waals surface area contributed by atoms with Crippen LogP contribution in [-0.4, -0.2) is 25.8 Å². The van der Waals surface area contributed by atoms with Gasteiger partial charge in [-0.3, -0.25) is 13.9 Å². The van der Waals surface area contributed by atoms with Gasteiger partial charge in [0.25, 0.3) is 5.56 Å². The van der Waals surface area contributed by atoms with Gasteiger partial charge < -0.3 is 14.0 Å². The fourth-order valence-electron chi connectivity index (χ4n) is 3.79. The molecule has 4 rings (SSSR count). The van der Waals surface area contributed by atoms with Crippen molar-refractivity contribution in [3.8, 4) is 17.2 Å². The summed E-state index contributed by atoms with van der Waals surface area (Å²) in [5, 5.41) is 0. The molecule has 0 aliphatic rings. The van der Waals surface area contributed by atoms with Gasteiger partial charge in [0, 0.05) is 25.7 Å². The Morgan fingerprint density at radius 3 is 2.33 bits per heavy atom. The highest BCUT2D eigenvalue weighted by Gasteiger charge is 2.17. The number of methoxy groups -OCH3 is 1. The number of imidazole rings is 1. The SMILES string of the molecule is CCn1c(=O)c2c(nc(C=Cc3cc(Oc4ccccc4)ccc3OC)n2C)n(CC)c1=O. The number of aromatic nitrogens is 4. The summed E-state index contributed by atoms with van der Waals surface area (Å²) in [6.07, 6.45) is 3.65. The van der Waals surface area contributed by atoms with Gasteiger partial charge in [-0.1, -0.05) is 18.2 Å². The summed E-state index contributed by atoms with van der Waals surface area (Å²) in [4.78, 5) is 30.2. The van der Waals surface area contributed by atoms with Crippen molar-refractivity contribution in [3.63, 3.8) is 0 Å². The molecular weight excluding hydrogens is 420 g/mol. The van der Waals surface area contributed by atoms with Crippen LogP contribution in [0.1, 0.15) is 25.2 Å². The molecule has 33 heavy (non-hydrogen) atoms. The highest BCUT2D eigenvalue weighted by Crippen LogP contribution is 2.29. The maximum atomic E-state index is 12.9. The molecule has 0 fully saturated rings. The molecule has 8 heteroatoms. The number of nitrogens with zero attached hydrogens (tertiary/aromatic N) is 4. The van der Waals surface area contributed by atoms with Gasteiger partial charge in [-0.25, -0.2) is 9.78 Å². The van der Waals surface area contributed by atoms with Crippen LogP contribution in [0.25, 0.3) is 23.3 Å². The molecule has 2 heterocycles. The molecule has 0 bridgehead atoms. The second kappa shape index (κ2) is 9.20. The van der Waals surface area contributed by atoms with E-state index < -0.39 is 0 Å². The molecule has 0 atom stereocenters. The van der Waals surface area contributed by atoms with Gasteiger partial charge in [0.15, 0.2) is 11.2 Å². The Labute approximate surface area is 191 Å². The molecule has 0 saturated heterocycles. The lowest BCUT2D eigenvalue weighted by molar-refractivity contribution is 0.412. The Hall–Kier alpha value is -4.07. The van der Waals surface area contributed by atoms with E-state index in [-0.39, 0.29) is 11.2 Å². The summed E-state index contributed by atoms with van der Waals surface area (Å²) in [5.74, 6) is 2.62. The average Bonchev–Trinajstić information content (AvgIpc) is 3.15. The Balaban J connectivity index is 1.77. The van der Waals surface area contributed by atoms with Crippen molar-refractivity contribution in [2.24, 2.45) is 7.05 Å². The summed E-state index contributed by atoms with van der Waals surface area (Å²) in [6, 6.07) is 15.1. The molecule has 0 saturated carbocycles. The fourth-order valence-corrected chi connectivity index (χ4v) is 3.79. The second-order valence-corrected chi connectivity index (χ2v) is 7.43. The number of ether oxygens (including phenoxy) is 2. The first-order chi connectivity index (χ1) is 16.0. The highest BCUT2D eigenvalue weighted by molar-refractivity contribution is 5.78. The van der Waals surface area contributed by atoms with Crippen molar-refractivity contribution in [3.05, 3.63) is 80.8 Å². The van der Waals surface area contributed by atoms with E-state index in [0.717, 1.165) is 11.3 Å². The van der Waals surface area contributed by atoms with Crippen LogP contribution in [0, 0.1) is 0 Å². The predicted molar refractivity (Wildman–Crippen MR) is 129 cm³/mol. The van der Waals surface area contributed by atoms with Gasteiger partial charge >= 0.3 is 5.69 Å². The molecule has 2 aromatic heterocycles. The van der Waals surface area contributed by atoms with Gasteiger partial charge in [0.1, 0.15) is 23.1 Å². The summed E-state index contributed by atoms with van der Waals surface area (Å²) in [6.45, 7) is 4.36. The fraction of sp³-hybridized carbons (Fsp3) is 0.240. The Bertz CT molecular complexity index is 1450. The van der Waals surface area contributed by atoms with Crippen LogP contribution in [0.4, 0.5) is 0 Å². The third kappa shape index (κ3) is 4.07. The van der Waals surface area contributed by atoms with Gasteiger partial charge in [0.05, 0.1) is 7.11 Å².